The number of halogens is 4. The molecule has 0 fully saturated rings. The predicted octanol–water partition coefficient (Wildman–Crippen LogP) is 2.84. The number of carbonyl (C=O) groups is 1. The largest absolute Gasteiger partial charge is 0.491 e. The molecule has 1 unspecified atom stereocenters. The lowest BCUT2D eigenvalue weighted by atomic mass is 10.2. The number of hydrogen-bond acceptors (Lipinski definition) is 11. The number of thiophene rings is 1. The molecule has 222 valence electrons. The first-order valence-corrected chi connectivity index (χ1v) is 15.6. The topological polar surface area (TPSA) is 184 Å². The highest BCUT2D eigenvalue weighted by atomic mass is 32.2. The van der Waals surface area contributed by atoms with E-state index in [9.17, 15) is 35.3 Å². The third-order valence-corrected chi connectivity index (χ3v) is 10.9. The first-order chi connectivity index (χ1) is 19.2. The van der Waals surface area contributed by atoms with E-state index in [0.717, 1.165) is 23.5 Å². The lowest BCUT2D eigenvalue weighted by molar-refractivity contribution is -0.189. The third kappa shape index (κ3) is 7.34. The second-order valence-corrected chi connectivity index (χ2v) is 13.6. The Kier molecular flexibility index (Phi) is 10.0. The number of aryl methyl sites for hydroxylation is 1. The molecule has 18 heteroatoms. The van der Waals surface area contributed by atoms with Crippen LogP contribution < -0.4 is 31.0 Å². The Labute approximate surface area is 235 Å². The third-order valence-electron chi connectivity index (χ3n) is 5.34. The van der Waals surface area contributed by atoms with Crippen LogP contribution in [-0.4, -0.2) is 53.2 Å². The summed E-state index contributed by atoms with van der Waals surface area (Å²) in [6.07, 6.45) is -6.93. The minimum Gasteiger partial charge on any atom is -0.488 e. The van der Waals surface area contributed by atoms with Gasteiger partial charge in [0.2, 0.25) is 0 Å². The van der Waals surface area contributed by atoms with Gasteiger partial charge in [-0.05, 0) is 36.8 Å². The van der Waals surface area contributed by atoms with E-state index in [2.05, 4.69) is 4.52 Å². The zero-order chi connectivity index (χ0) is 30.6. The smallest absolute Gasteiger partial charge is 0.488 e. The van der Waals surface area contributed by atoms with E-state index < -0.39 is 52.5 Å². The van der Waals surface area contributed by atoms with Crippen molar-refractivity contribution in [2.75, 3.05) is 32.6 Å². The summed E-state index contributed by atoms with van der Waals surface area (Å²) in [5.74, 6) is -3.61. The van der Waals surface area contributed by atoms with Crippen LogP contribution in [0.2, 0.25) is 0 Å². The Morgan fingerprint density at radius 2 is 1.73 bits per heavy atom. The highest BCUT2D eigenvalue weighted by molar-refractivity contribution is 7.92. The molecule has 0 aliphatic carbocycles. The first-order valence-electron chi connectivity index (χ1n) is 11.5. The van der Waals surface area contributed by atoms with Crippen molar-refractivity contribution < 1.29 is 49.3 Å². The molecule has 5 N–H and O–H groups in total. The number of nitriles is 1. The molecule has 0 aliphatic rings. The van der Waals surface area contributed by atoms with Crippen LogP contribution >= 0.6 is 18.7 Å². The summed E-state index contributed by atoms with van der Waals surface area (Å²) in [4.78, 5) is 11.6. The number of nitrogens with one attached hydrogen (secondary N) is 1. The molecule has 0 amide bonds. The number of ether oxygens (including phenoxy) is 2. The molecule has 0 spiro atoms. The fourth-order valence-electron chi connectivity index (χ4n) is 3.43. The van der Waals surface area contributed by atoms with Gasteiger partial charge in [-0.1, -0.05) is 0 Å². The Balaban J connectivity index is 2.02. The van der Waals surface area contributed by atoms with Gasteiger partial charge in [0.05, 0.1) is 10.9 Å². The molecule has 1 aromatic heterocycles. The van der Waals surface area contributed by atoms with Crippen molar-refractivity contribution in [2.45, 2.75) is 17.3 Å². The van der Waals surface area contributed by atoms with Crippen LogP contribution in [0.1, 0.15) is 11.1 Å². The molecule has 0 bridgehead atoms. The van der Waals surface area contributed by atoms with Crippen molar-refractivity contribution in [2.24, 2.45) is 11.5 Å². The molecule has 1 heterocycles. The Morgan fingerprint density at radius 3 is 2.27 bits per heavy atom. The second-order valence-electron chi connectivity index (χ2n) is 8.22. The fourth-order valence-corrected chi connectivity index (χ4v) is 8.60. The van der Waals surface area contributed by atoms with Crippen LogP contribution in [0.5, 0.6) is 11.5 Å². The van der Waals surface area contributed by atoms with Crippen LogP contribution in [0.15, 0.2) is 34.5 Å². The number of nitrogens with two attached hydrogens (primary N) is 2. The summed E-state index contributed by atoms with van der Waals surface area (Å²) in [5.41, 5.74) is 10.7. The van der Waals surface area contributed by atoms with Crippen molar-refractivity contribution in [3.8, 4) is 17.6 Å². The van der Waals surface area contributed by atoms with Crippen LogP contribution in [0.3, 0.4) is 0 Å². The van der Waals surface area contributed by atoms with Crippen molar-refractivity contribution in [1.82, 2.24) is 4.72 Å². The number of alkyl halides is 3. The van der Waals surface area contributed by atoms with Gasteiger partial charge in [-0.3, -0.25) is 4.57 Å². The highest BCUT2D eigenvalue weighted by Crippen LogP contribution is 2.47. The van der Waals surface area contributed by atoms with Crippen molar-refractivity contribution >= 4 is 50.1 Å². The highest BCUT2D eigenvalue weighted by Gasteiger charge is 2.46. The van der Waals surface area contributed by atoms with Gasteiger partial charge in [-0.15, -0.1) is 11.3 Å². The standard InChI is InChI=1S/C23H23F4N4O7PS2/c1-13-16-9-18(36-6-4-28)19(37-7-5-29)10-20(16)40-21(13)41(34,35)31-12-39(33,38-22(32)23(25,26)27)15-3-2-14(11-30)17(24)8-15/h2-3,8-10,31H,4-7,12,28-29H2,1H3. The average molecular weight is 639 g/mol. The van der Waals surface area contributed by atoms with Gasteiger partial charge in [-0.2, -0.15) is 23.2 Å². The van der Waals surface area contributed by atoms with Crippen molar-refractivity contribution in [3.63, 3.8) is 0 Å². The number of rotatable bonds is 12. The molecule has 0 aliphatic heterocycles. The van der Waals surface area contributed by atoms with E-state index in [0.29, 0.717) is 16.2 Å². The van der Waals surface area contributed by atoms with Gasteiger partial charge in [0.15, 0.2) is 11.5 Å². The first kappa shape index (κ1) is 32.3. The molecule has 3 aromatic rings. The second kappa shape index (κ2) is 12.7. The number of benzene rings is 2. The van der Waals surface area contributed by atoms with Gasteiger partial charge >= 0.3 is 12.1 Å². The Hall–Kier alpha value is -3.26. The Morgan fingerprint density at radius 1 is 1.12 bits per heavy atom. The van der Waals surface area contributed by atoms with Crippen LogP contribution in [0.25, 0.3) is 10.1 Å². The predicted molar refractivity (Wildman–Crippen MR) is 141 cm³/mol. The molecule has 11 nitrogen and oxygen atoms in total. The lowest BCUT2D eigenvalue weighted by Crippen LogP contribution is -2.32. The Bertz CT molecular complexity index is 1660. The summed E-state index contributed by atoms with van der Waals surface area (Å²) >= 11 is 0.767. The number of hydrogen-bond donors (Lipinski definition) is 3. The van der Waals surface area contributed by atoms with Crippen LogP contribution in [0, 0.1) is 24.1 Å². The van der Waals surface area contributed by atoms with Gasteiger partial charge in [0, 0.05) is 29.2 Å². The van der Waals surface area contributed by atoms with Crippen molar-refractivity contribution in [1.29, 1.82) is 5.26 Å². The molecular formula is C23H23F4N4O7PS2. The minimum atomic E-state index is -5.59. The minimum absolute atomic E-state index is 0.127. The van der Waals surface area contributed by atoms with Crippen LogP contribution in [0.4, 0.5) is 17.6 Å². The van der Waals surface area contributed by atoms with Crippen molar-refractivity contribution in [3.05, 3.63) is 47.3 Å². The lowest BCUT2D eigenvalue weighted by Gasteiger charge is -2.20. The molecular weight excluding hydrogens is 615 g/mol. The molecule has 3 rings (SSSR count). The van der Waals surface area contributed by atoms with E-state index in [4.69, 9.17) is 26.2 Å². The summed E-state index contributed by atoms with van der Waals surface area (Å²) in [5, 5.41) is 8.57. The fraction of sp³-hybridized carbons (Fsp3) is 0.304. The molecule has 2 aromatic carbocycles. The summed E-state index contributed by atoms with van der Waals surface area (Å²) in [7, 11) is -9.65. The monoisotopic (exact) mass is 638 g/mol. The van der Waals surface area contributed by atoms with Gasteiger partial charge < -0.3 is 25.5 Å². The van der Waals surface area contributed by atoms with Gasteiger partial charge in [0.1, 0.15) is 35.6 Å². The maximum absolute atomic E-state index is 14.2. The summed E-state index contributed by atoms with van der Waals surface area (Å²) in [6.45, 7) is 2.08. The van der Waals surface area contributed by atoms with Gasteiger partial charge in [0.25, 0.3) is 17.4 Å². The average Bonchev–Trinajstić information content (AvgIpc) is 3.24. The quantitative estimate of drug-likeness (QED) is 0.197. The zero-order valence-corrected chi connectivity index (χ0v) is 23.7. The number of fused-ring (bicyclic) bond motifs is 1. The maximum Gasteiger partial charge on any atom is 0.491 e. The zero-order valence-electron chi connectivity index (χ0n) is 21.2. The normalized spacial score (nSPS) is 13.4. The SMILES string of the molecule is Cc1c(S(=O)(=O)NCP(=O)(OC(=O)C(F)(F)F)c2ccc(C#N)c(F)c2)sc2cc(OCCN)c(OCCN)cc12. The number of sulfonamides is 1. The van der Waals surface area contributed by atoms with E-state index in [-0.39, 0.29) is 47.6 Å². The summed E-state index contributed by atoms with van der Waals surface area (Å²) in [6, 6.07) is 6.56. The van der Waals surface area contributed by atoms with E-state index in [1.165, 1.54) is 25.1 Å². The van der Waals surface area contributed by atoms with E-state index in [1.807, 2.05) is 4.72 Å². The molecule has 41 heavy (non-hydrogen) atoms. The number of carbonyl (C=O) groups excluding carboxylic acids is 1. The van der Waals surface area contributed by atoms with Crippen LogP contribution in [-0.2, 0) is 23.9 Å². The van der Waals surface area contributed by atoms with E-state index in [1.54, 1.807) is 0 Å². The molecule has 0 saturated carbocycles. The molecule has 0 saturated heterocycles. The van der Waals surface area contributed by atoms with E-state index >= 15 is 0 Å². The number of nitrogens with zero attached hydrogens (tertiary/aromatic N) is 1. The summed E-state index contributed by atoms with van der Waals surface area (Å²) < 4.78 is 110. The molecule has 1 atom stereocenters. The van der Waals surface area contributed by atoms with Gasteiger partial charge in [-0.25, -0.2) is 17.6 Å². The maximum atomic E-state index is 14.2. The molecule has 0 radical (unpaired) electrons.